The molecule has 0 fully saturated rings. The molecule has 0 saturated heterocycles. The van der Waals surface area contributed by atoms with Gasteiger partial charge in [0.1, 0.15) is 5.75 Å². The molecule has 3 aromatic rings. The Morgan fingerprint density at radius 1 is 1.38 bits per heavy atom. The van der Waals surface area contributed by atoms with Crippen LogP contribution in [-0.2, 0) is 6.54 Å². The molecule has 0 unspecified atom stereocenters. The smallest absolute Gasteiger partial charge is 0.226 e. The van der Waals surface area contributed by atoms with E-state index in [1.165, 1.54) is 11.8 Å². The Kier molecular flexibility index (Phi) is 6.11. The summed E-state index contributed by atoms with van der Waals surface area (Å²) in [6.45, 7) is 0.663. The van der Waals surface area contributed by atoms with Crippen molar-refractivity contribution in [3.63, 3.8) is 0 Å². The number of terminal acetylenes is 1. The van der Waals surface area contributed by atoms with E-state index in [0.717, 1.165) is 25.8 Å². The summed E-state index contributed by atoms with van der Waals surface area (Å²) < 4.78 is 8.40. The number of aromatic nitrogens is 4. The van der Waals surface area contributed by atoms with E-state index < -0.39 is 0 Å². The molecule has 0 aliphatic carbocycles. The Morgan fingerprint density at radius 3 is 2.92 bits per heavy atom. The zero-order valence-electron chi connectivity index (χ0n) is 13.9. The Balaban J connectivity index is 2.08. The first kappa shape index (κ1) is 19.1. The molecule has 0 saturated carbocycles. The van der Waals surface area contributed by atoms with Gasteiger partial charge in [-0.1, -0.05) is 11.8 Å². The number of nitrogen functional groups attached to an aromatic ring is 1. The fraction of sp³-hybridized carbons (Fsp3) is 0.235. The Hall–Kier alpha value is -1.70. The van der Waals surface area contributed by atoms with Crippen LogP contribution >= 0.6 is 46.0 Å². The minimum atomic E-state index is 0.0978. The maximum absolute atomic E-state index is 5.99. The van der Waals surface area contributed by atoms with Gasteiger partial charge in [-0.3, -0.25) is 0 Å². The fourth-order valence-corrected chi connectivity index (χ4v) is 4.18. The zero-order valence-corrected chi connectivity index (χ0v) is 17.6. The minimum Gasteiger partial charge on any atom is -0.497 e. The second-order valence-electron chi connectivity index (χ2n) is 5.30. The summed E-state index contributed by atoms with van der Waals surface area (Å²) in [6.07, 6.45) is 6.84. The Labute approximate surface area is 174 Å². The van der Waals surface area contributed by atoms with Crippen LogP contribution < -0.4 is 10.5 Å². The van der Waals surface area contributed by atoms with Crippen molar-refractivity contribution in [2.24, 2.45) is 0 Å². The second kappa shape index (κ2) is 8.33. The summed E-state index contributed by atoms with van der Waals surface area (Å²) in [7, 11) is 1.64. The number of aryl methyl sites for hydroxylation is 1. The van der Waals surface area contributed by atoms with Crippen molar-refractivity contribution in [3.8, 4) is 18.1 Å². The monoisotopic (exact) mass is 499 g/mol. The highest BCUT2D eigenvalue weighted by Crippen LogP contribution is 2.36. The molecule has 0 radical (unpaired) electrons. The number of ether oxygens (including phenoxy) is 1. The van der Waals surface area contributed by atoms with E-state index in [2.05, 4.69) is 43.5 Å². The molecule has 1 aromatic carbocycles. The van der Waals surface area contributed by atoms with Crippen LogP contribution in [0.5, 0.6) is 5.75 Å². The number of anilines is 1. The van der Waals surface area contributed by atoms with E-state index in [4.69, 9.17) is 28.5 Å². The number of fused-ring (bicyclic) bond motifs is 1. The van der Waals surface area contributed by atoms with Crippen molar-refractivity contribution < 1.29 is 4.74 Å². The van der Waals surface area contributed by atoms with Crippen molar-refractivity contribution in [3.05, 3.63) is 27.1 Å². The average molecular weight is 500 g/mol. The van der Waals surface area contributed by atoms with Crippen LogP contribution in [0.15, 0.2) is 28.3 Å². The quantitative estimate of drug-likeness (QED) is 0.237. The molecule has 26 heavy (non-hydrogen) atoms. The maximum Gasteiger partial charge on any atom is 0.226 e. The predicted octanol–water partition coefficient (Wildman–Crippen LogP) is 4.24. The number of unbranched alkanes of at least 4 members (excludes halogenated alkanes) is 1. The molecule has 3 rings (SSSR count). The summed E-state index contributed by atoms with van der Waals surface area (Å²) >= 11 is 9.79. The van der Waals surface area contributed by atoms with Crippen LogP contribution in [0.3, 0.4) is 0 Å². The molecule has 0 atom stereocenters. The molecule has 134 valence electrons. The molecule has 2 aromatic heterocycles. The fourth-order valence-electron chi connectivity index (χ4n) is 2.38. The molecule has 9 heteroatoms. The lowest BCUT2D eigenvalue weighted by molar-refractivity contribution is 0.413. The van der Waals surface area contributed by atoms with Crippen molar-refractivity contribution >= 4 is 62.9 Å². The number of hydrogen-bond acceptors (Lipinski definition) is 6. The van der Waals surface area contributed by atoms with E-state index in [9.17, 15) is 0 Å². The van der Waals surface area contributed by atoms with E-state index in [1.54, 1.807) is 7.11 Å². The molecule has 2 heterocycles. The van der Waals surface area contributed by atoms with E-state index >= 15 is 0 Å². The summed E-state index contributed by atoms with van der Waals surface area (Å²) in [5, 5.41) is 0.854. The first-order valence-electron chi connectivity index (χ1n) is 7.67. The summed E-state index contributed by atoms with van der Waals surface area (Å²) in [5.74, 6) is 3.70. The molecule has 0 bridgehead atoms. The normalized spacial score (nSPS) is 10.8. The van der Waals surface area contributed by atoms with Crippen molar-refractivity contribution in [2.75, 3.05) is 12.8 Å². The summed E-state index contributed by atoms with van der Waals surface area (Å²) in [5.41, 5.74) is 7.14. The Bertz CT molecular complexity index is 1000. The van der Waals surface area contributed by atoms with Gasteiger partial charge in [-0.15, -0.1) is 12.3 Å². The number of nitrogens with two attached hydrogens (primary N) is 1. The lowest BCUT2D eigenvalue weighted by atomic mass is 10.3. The Morgan fingerprint density at radius 2 is 2.19 bits per heavy atom. The number of halogens is 2. The molecule has 6 nitrogen and oxygen atoms in total. The van der Waals surface area contributed by atoms with Gasteiger partial charge in [-0.2, -0.15) is 9.97 Å². The zero-order chi connectivity index (χ0) is 18.7. The second-order valence-corrected chi connectivity index (χ2v) is 7.81. The van der Waals surface area contributed by atoms with Gasteiger partial charge in [0.2, 0.25) is 5.28 Å². The van der Waals surface area contributed by atoms with Crippen LogP contribution in [0, 0.1) is 15.9 Å². The van der Waals surface area contributed by atoms with Crippen molar-refractivity contribution in [1.29, 1.82) is 0 Å². The van der Waals surface area contributed by atoms with Crippen LogP contribution in [-0.4, -0.2) is 26.6 Å². The number of methoxy groups -OCH3 is 1. The first-order chi connectivity index (χ1) is 12.5. The largest absolute Gasteiger partial charge is 0.497 e. The van der Waals surface area contributed by atoms with Crippen LogP contribution in [0.25, 0.3) is 11.2 Å². The van der Waals surface area contributed by atoms with Gasteiger partial charge in [-0.25, -0.2) is 4.98 Å². The third-order valence-corrected chi connectivity index (χ3v) is 6.13. The molecule has 2 N–H and O–H groups in total. The van der Waals surface area contributed by atoms with Crippen LogP contribution in [0.2, 0.25) is 5.28 Å². The van der Waals surface area contributed by atoms with Gasteiger partial charge in [0.25, 0.3) is 0 Å². The maximum atomic E-state index is 5.99. The lowest BCUT2D eigenvalue weighted by Gasteiger charge is -2.09. The molecule has 0 spiro atoms. The molecule has 0 aliphatic heterocycles. The number of hydrogen-bond donors (Lipinski definition) is 1. The van der Waals surface area contributed by atoms with E-state index in [0.29, 0.717) is 24.1 Å². The van der Waals surface area contributed by atoms with E-state index in [1.807, 2.05) is 22.8 Å². The van der Waals surface area contributed by atoms with Gasteiger partial charge >= 0.3 is 0 Å². The first-order valence-corrected chi connectivity index (χ1v) is 9.95. The highest BCUT2D eigenvalue weighted by Gasteiger charge is 2.18. The van der Waals surface area contributed by atoms with Crippen molar-refractivity contribution in [2.45, 2.75) is 29.4 Å². The summed E-state index contributed by atoms with van der Waals surface area (Å²) in [4.78, 5) is 14.0. The predicted molar refractivity (Wildman–Crippen MR) is 113 cm³/mol. The third kappa shape index (κ3) is 4.00. The minimum absolute atomic E-state index is 0.0978. The number of imidazole rings is 1. The molecule has 0 aliphatic rings. The van der Waals surface area contributed by atoms with Crippen LogP contribution in [0.1, 0.15) is 12.8 Å². The number of benzene rings is 1. The van der Waals surface area contributed by atoms with Gasteiger partial charge < -0.3 is 15.0 Å². The molecular weight excluding hydrogens is 485 g/mol. The summed E-state index contributed by atoms with van der Waals surface area (Å²) in [6, 6.07) is 5.89. The standard InChI is InChI=1S/C17H15ClIN5OS/c1-3-4-5-8-24-15-13(14(20)22-16(18)23-15)21-17(24)26-12-9-10(25-2)6-7-11(12)19/h1,6-7,9H,4-5,8H2,2H3,(H2,20,22,23). The molecule has 0 amide bonds. The number of rotatable bonds is 6. The highest BCUT2D eigenvalue weighted by molar-refractivity contribution is 14.1. The van der Waals surface area contributed by atoms with E-state index in [-0.39, 0.29) is 11.1 Å². The average Bonchev–Trinajstić information content (AvgIpc) is 2.95. The van der Waals surface area contributed by atoms with Gasteiger partial charge in [0.05, 0.1) is 7.11 Å². The third-order valence-electron chi connectivity index (χ3n) is 3.60. The number of nitrogens with zero attached hydrogens (tertiary/aromatic N) is 4. The van der Waals surface area contributed by atoms with Gasteiger partial charge in [-0.05, 0) is 58.8 Å². The molecular formula is C17H15ClIN5OS. The lowest BCUT2D eigenvalue weighted by Crippen LogP contribution is -2.02. The SMILES string of the molecule is C#CCCCn1c(Sc2cc(OC)ccc2I)nc2c(N)nc(Cl)nc21. The van der Waals surface area contributed by atoms with Crippen molar-refractivity contribution in [1.82, 2.24) is 19.5 Å². The van der Waals surface area contributed by atoms with Crippen LogP contribution in [0.4, 0.5) is 5.82 Å². The van der Waals surface area contributed by atoms with Gasteiger partial charge in [0.15, 0.2) is 22.1 Å². The topological polar surface area (TPSA) is 78.9 Å². The highest BCUT2D eigenvalue weighted by atomic mass is 127. The van der Waals surface area contributed by atoms with Gasteiger partial charge in [0, 0.05) is 21.4 Å².